The number of aryl methyl sites for hydroxylation is 2. The van der Waals surface area contributed by atoms with Gasteiger partial charge < -0.3 is 28.8 Å². The SMILES string of the molecule is CCc1c(N2CCN(C(=O)c3ncnc(C)c3OCc3ccccc3)CC2)c(=O)n2nc(-c3ccc4oc(=O)n(C)c4c3)nc2n1CC(=O)Nc1ccc(C(F)(F)F)cc1Cl. The lowest BCUT2D eigenvalue weighted by molar-refractivity contribution is -0.137. The highest BCUT2D eigenvalue weighted by Gasteiger charge is 2.33. The molecule has 8 rings (SSSR count). The number of nitrogens with zero attached hydrogens (tertiary/aromatic N) is 9. The van der Waals surface area contributed by atoms with Crippen LogP contribution in [0.25, 0.3) is 28.3 Å². The maximum Gasteiger partial charge on any atom is 0.419 e. The van der Waals surface area contributed by atoms with E-state index >= 15 is 0 Å². The van der Waals surface area contributed by atoms with Crippen LogP contribution in [0, 0.1) is 6.92 Å². The Bertz CT molecular complexity index is 2960. The lowest BCUT2D eigenvalue weighted by Gasteiger charge is -2.36. The van der Waals surface area contributed by atoms with Gasteiger partial charge in [-0.15, -0.1) is 5.10 Å². The number of benzene rings is 3. The molecule has 16 nitrogen and oxygen atoms in total. The molecule has 1 saturated heterocycles. The molecule has 2 amide bonds. The van der Waals surface area contributed by atoms with Crippen LogP contribution in [0.3, 0.4) is 0 Å². The van der Waals surface area contributed by atoms with Gasteiger partial charge in [-0.25, -0.2) is 14.8 Å². The molecule has 20 heteroatoms. The molecule has 0 bridgehead atoms. The number of anilines is 2. The van der Waals surface area contributed by atoms with Gasteiger partial charge in [-0.2, -0.15) is 22.7 Å². The zero-order valence-electron chi connectivity index (χ0n) is 32.9. The normalized spacial score (nSPS) is 13.3. The summed E-state index contributed by atoms with van der Waals surface area (Å²) in [5, 5.41) is 6.83. The predicted octanol–water partition coefficient (Wildman–Crippen LogP) is 5.52. The molecule has 0 saturated carbocycles. The quantitative estimate of drug-likeness (QED) is 0.184. The summed E-state index contributed by atoms with van der Waals surface area (Å²) in [5.74, 6) is -1.24. The van der Waals surface area contributed by atoms with Gasteiger partial charge in [-0.05, 0) is 55.3 Å². The number of hydrogen-bond donors (Lipinski definition) is 1. The standard InChI is InChI=1S/C41H36ClF3N10O6/c1-4-29-34(52-14-16-53(17-15-52)37(57)33-35(23(2)46-22-47-33)60-21-24-8-6-5-7-9-24)38(58)55-39(49-36(50-55)25-10-13-31-30(18-25)51(3)40(59)61-31)54(29)20-32(56)48-28-12-11-26(19-27(28)42)41(43,44)45/h5-13,18-19,22H,4,14-17,20-21H2,1-3H3,(H,48,56). The molecule has 1 aliphatic rings. The minimum absolute atomic E-state index is 0.00595. The van der Waals surface area contributed by atoms with Crippen LogP contribution in [0.1, 0.15) is 39.9 Å². The van der Waals surface area contributed by atoms with E-state index in [1.165, 1.54) is 15.5 Å². The molecule has 1 aliphatic heterocycles. The minimum atomic E-state index is -4.64. The highest BCUT2D eigenvalue weighted by atomic mass is 35.5. The zero-order valence-corrected chi connectivity index (χ0v) is 33.6. The monoisotopic (exact) mass is 856 g/mol. The van der Waals surface area contributed by atoms with E-state index in [2.05, 4.69) is 25.4 Å². The Morgan fingerprint density at radius 3 is 2.44 bits per heavy atom. The molecule has 0 atom stereocenters. The number of alkyl halides is 3. The molecule has 0 unspecified atom stereocenters. The summed E-state index contributed by atoms with van der Waals surface area (Å²) in [4.78, 5) is 71.1. The van der Waals surface area contributed by atoms with Crippen LogP contribution in [-0.2, 0) is 37.6 Å². The van der Waals surface area contributed by atoms with E-state index in [9.17, 15) is 32.3 Å². The van der Waals surface area contributed by atoms with Crippen LogP contribution in [-0.4, -0.2) is 76.6 Å². The molecule has 7 aromatic rings. The second kappa shape index (κ2) is 16.2. The maximum atomic E-state index is 14.5. The lowest BCUT2D eigenvalue weighted by Crippen LogP contribution is -2.51. The summed E-state index contributed by atoms with van der Waals surface area (Å²) in [5.41, 5.74) is 1.81. The van der Waals surface area contributed by atoms with E-state index in [-0.39, 0.29) is 84.6 Å². The van der Waals surface area contributed by atoms with Crippen LogP contribution in [0.5, 0.6) is 5.75 Å². The van der Waals surface area contributed by atoms with Gasteiger partial charge in [0.1, 0.15) is 25.2 Å². The highest BCUT2D eigenvalue weighted by molar-refractivity contribution is 6.33. The fourth-order valence-corrected chi connectivity index (χ4v) is 7.47. The first-order chi connectivity index (χ1) is 29.2. The molecule has 1 N–H and O–H groups in total. The van der Waals surface area contributed by atoms with Gasteiger partial charge >= 0.3 is 11.9 Å². The Balaban J connectivity index is 1.13. The number of carbonyl (C=O) groups is 2. The van der Waals surface area contributed by atoms with Gasteiger partial charge in [0.2, 0.25) is 11.7 Å². The first-order valence-corrected chi connectivity index (χ1v) is 19.4. The van der Waals surface area contributed by atoms with Gasteiger partial charge in [0, 0.05) is 38.8 Å². The second-order valence-electron chi connectivity index (χ2n) is 14.2. The van der Waals surface area contributed by atoms with Crippen molar-refractivity contribution in [1.29, 1.82) is 0 Å². The fraction of sp³-hybridized carbons (Fsp3) is 0.268. The number of nitrogens with one attached hydrogen (secondary N) is 1. The predicted molar refractivity (Wildman–Crippen MR) is 218 cm³/mol. The van der Waals surface area contributed by atoms with E-state index in [0.29, 0.717) is 28.1 Å². The van der Waals surface area contributed by atoms with Gasteiger partial charge in [0.05, 0.1) is 33.2 Å². The molecular weight excluding hydrogens is 821 g/mol. The van der Waals surface area contributed by atoms with Crippen molar-refractivity contribution in [3.8, 4) is 17.1 Å². The highest BCUT2D eigenvalue weighted by Crippen LogP contribution is 2.34. The number of piperazine rings is 1. The number of amides is 2. The van der Waals surface area contributed by atoms with Crippen LogP contribution in [0.2, 0.25) is 5.02 Å². The summed E-state index contributed by atoms with van der Waals surface area (Å²) in [6, 6.07) is 16.9. The van der Waals surface area contributed by atoms with Gasteiger partial charge in [0.25, 0.3) is 11.5 Å². The average Bonchev–Trinajstić information content (AvgIpc) is 3.82. The molecule has 61 heavy (non-hydrogen) atoms. The van der Waals surface area contributed by atoms with E-state index in [4.69, 9.17) is 20.8 Å². The van der Waals surface area contributed by atoms with Crippen molar-refractivity contribution < 1.29 is 31.9 Å². The lowest BCUT2D eigenvalue weighted by atomic mass is 10.2. The number of carbonyl (C=O) groups excluding carboxylic acids is 2. The number of rotatable bonds is 10. The van der Waals surface area contributed by atoms with E-state index in [1.54, 1.807) is 44.0 Å². The Labute approximate surface area is 348 Å². The van der Waals surface area contributed by atoms with Crippen LogP contribution < -0.4 is 26.3 Å². The van der Waals surface area contributed by atoms with Crippen LogP contribution in [0.15, 0.2) is 87.1 Å². The number of halogens is 4. The summed E-state index contributed by atoms with van der Waals surface area (Å²) < 4.78 is 55.2. The van der Waals surface area contributed by atoms with Crippen molar-refractivity contribution in [2.45, 2.75) is 39.6 Å². The molecule has 314 valence electrons. The van der Waals surface area contributed by atoms with Crippen molar-refractivity contribution in [1.82, 2.24) is 38.6 Å². The number of ether oxygens (including phenoxy) is 1. The van der Waals surface area contributed by atoms with E-state index in [0.717, 1.165) is 28.3 Å². The zero-order chi connectivity index (χ0) is 43.2. The second-order valence-corrected chi connectivity index (χ2v) is 14.6. The molecule has 0 spiro atoms. The first kappa shape index (κ1) is 40.7. The Hall–Kier alpha value is -7.02. The third kappa shape index (κ3) is 7.90. The van der Waals surface area contributed by atoms with Crippen molar-refractivity contribution in [2.24, 2.45) is 7.05 Å². The summed E-state index contributed by atoms with van der Waals surface area (Å²) in [6.07, 6.45) is -3.10. The molecule has 5 heterocycles. The molecule has 0 radical (unpaired) electrons. The fourth-order valence-electron chi connectivity index (χ4n) is 7.24. The van der Waals surface area contributed by atoms with Gasteiger partial charge in [-0.3, -0.25) is 19.0 Å². The van der Waals surface area contributed by atoms with Crippen molar-refractivity contribution in [2.75, 3.05) is 36.4 Å². The third-order valence-corrected chi connectivity index (χ3v) is 10.7. The average molecular weight is 857 g/mol. The van der Waals surface area contributed by atoms with Crippen molar-refractivity contribution in [3.05, 3.63) is 127 Å². The van der Waals surface area contributed by atoms with Gasteiger partial charge in [-0.1, -0.05) is 48.9 Å². The number of fused-ring (bicyclic) bond motifs is 2. The number of oxazole rings is 1. The molecular formula is C41H36ClF3N10O6. The van der Waals surface area contributed by atoms with Gasteiger partial charge in [0.15, 0.2) is 22.9 Å². The molecule has 4 aromatic heterocycles. The molecule has 1 fully saturated rings. The number of aromatic nitrogens is 7. The molecule has 3 aromatic carbocycles. The maximum absolute atomic E-state index is 14.5. The van der Waals surface area contributed by atoms with E-state index < -0.39 is 35.5 Å². The Morgan fingerprint density at radius 2 is 1.74 bits per heavy atom. The molecule has 0 aliphatic carbocycles. The van der Waals surface area contributed by atoms with Crippen molar-refractivity contribution >= 4 is 51.7 Å². The van der Waals surface area contributed by atoms with Crippen LogP contribution in [0.4, 0.5) is 24.5 Å². The van der Waals surface area contributed by atoms with E-state index in [1.807, 2.05) is 35.2 Å². The largest absolute Gasteiger partial charge is 0.485 e. The first-order valence-electron chi connectivity index (χ1n) is 19.0. The third-order valence-electron chi connectivity index (χ3n) is 10.4. The Morgan fingerprint density at radius 1 is 0.984 bits per heavy atom. The smallest absolute Gasteiger partial charge is 0.419 e. The minimum Gasteiger partial charge on any atom is -0.485 e. The van der Waals surface area contributed by atoms with Crippen LogP contribution >= 0.6 is 11.6 Å². The summed E-state index contributed by atoms with van der Waals surface area (Å²) >= 11 is 6.17. The summed E-state index contributed by atoms with van der Waals surface area (Å²) in [6.45, 7) is 4.11. The summed E-state index contributed by atoms with van der Waals surface area (Å²) in [7, 11) is 1.54. The topological polar surface area (TPSA) is 175 Å². The Kier molecular flexibility index (Phi) is 10.8. The van der Waals surface area contributed by atoms with Crippen molar-refractivity contribution in [3.63, 3.8) is 0 Å². The number of hydrogen-bond acceptors (Lipinski definition) is 11.